The molecule has 0 saturated heterocycles. The lowest BCUT2D eigenvalue weighted by Gasteiger charge is -1.94. The summed E-state index contributed by atoms with van der Waals surface area (Å²) < 4.78 is 0. The Morgan fingerprint density at radius 1 is 1.67 bits per heavy atom. The molecule has 1 saturated carbocycles. The van der Waals surface area contributed by atoms with Crippen LogP contribution < -0.4 is 5.32 Å². The van der Waals surface area contributed by atoms with Crippen molar-refractivity contribution in [1.29, 1.82) is 0 Å². The van der Waals surface area contributed by atoms with Gasteiger partial charge in [-0.05, 0) is 32.1 Å². The Hall–Kier alpha value is -0.570. The van der Waals surface area contributed by atoms with Gasteiger partial charge in [0.15, 0.2) is 5.13 Å². The minimum Gasteiger partial charge on any atom is -0.362 e. The van der Waals surface area contributed by atoms with E-state index < -0.39 is 0 Å². The van der Waals surface area contributed by atoms with Crippen molar-refractivity contribution in [2.75, 3.05) is 11.9 Å². The Morgan fingerprint density at radius 2 is 2.50 bits per heavy atom. The van der Waals surface area contributed by atoms with Gasteiger partial charge in [-0.1, -0.05) is 0 Å². The Bertz CT molecular complexity index is 253. The summed E-state index contributed by atoms with van der Waals surface area (Å²) in [6, 6.07) is 0. The third-order valence-electron chi connectivity index (χ3n) is 2.07. The second kappa shape index (κ2) is 3.44. The molecule has 0 radical (unpaired) electrons. The van der Waals surface area contributed by atoms with Gasteiger partial charge in [-0.3, -0.25) is 0 Å². The van der Waals surface area contributed by atoms with Gasteiger partial charge in [-0.2, -0.15) is 0 Å². The van der Waals surface area contributed by atoms with Gasteiger partial charge in [0.25, 0.3) is 0 Å². The fourth-order valence-corrected chi connectivity index (χ4v) is 2.05. The van der Waals surface area contributed by atoms with Crippen LogP contribution in [0.3, 0.4) is 0 Å². The van der Waals surface area contributed by atoms with E-state index in [1.54, 1.807) is 11.3 Å². The molecule has 12 heavy (non-hydrogen) atoms. The third kappa shape index (κ3) is 1.97. The van der Waals surface area contributed by atoms with Crippen LogP contribution in [0.1, 0.15) is 25.5 Å². The quantitative estimate of drug-likeness (QED) is 0.774. The molecule has 2 nitrogen and oxygen atoms in total. The van der Waals surface area contributed by atoms with E-state index in [1.165, 1.54) is 25.0 Å². The highest BCUT2D eigenvalue weighted by molar-refractivity contribution is 7.13. The molecule has 1 aromatic rings. The smallest absolute Gasteiger partial charge is 0.182 e. The van der Waals surface area contributed by atoms with E-state index in [9.17, 15) is 0 Å². The molecule has 3 heteroatoms. The number of nitrogens with one attached hydrogen (secondary N) is 1. The predicted octanol–water partition coefficient (Wildman–Crippen LogP) is 2.53. The van der Waals surface area contributed by atoms with Crippen LogP contribution in [0.5, 0.6) is 0 Å². The number of thiazole rings is 1. The second-order valence-electron chi connectivity index (χ2n) is 3.32. The minimum atomic E-state index is 0.946. The molecule has 1 fully saturated rings. The lowest BCUT2D eigenvalue weighted by atomic mass is 10.2. The van der Waals surface area contributed by atoms with Crippen molar-refractivity contribution in [3.05, 3.63) is 11.1 Å². The summed E-state index contributed by atoms with van der Waals surface area (Å²) in [4.78, 5) is 4.49. The molecular weight excluding hydrogens is 168 g/mol. The summed E-state index contributed by atoms with van der Waals surface area (Å²) in [5.74, 6) is 0.946. The van der Waals surface area contributed by atoms with Gasteiger partial charge in [-0.15, -0.1) is 11.3 Å². The molecule has 0 amide bonds. The molecule has 66 valence electrons. The minimum absolute atomic E-state index is 0.946. The largest absolute Gasteiger partial charge is 0.362 e. The zero-order valence-corrected chi connectivity index (χ0v) is 8.16. The third-order valence-corrected chi connectivity index (χ3v) is 2.92. The van der Waals surface area contributed by atoms with Crippen LogP contribution in [0.2, 0.25) is 0 Å². The molecular formula is C9H14N2S. The van der Waals surface area contributed by atoms with Crippen LogP contribution in [0.25, 0.3) is 0 Å². The molecule has 0 unspecified atom stereocenters. The van der Waals surface area contributed by atoms with Crippen molar-refractivity contribution >= 4 is 16.5 Å². The molecule has 0 bridgehead atoms. The first-order valence-corrected chi connectivity index (χ1v) is 5.44. The van der Waals surface area contributed by atoms with E-state index in [4.69, 9.17) is 0 Å². The fourth-order valence-electron chi connectivity index (χ4n) is 1.25. The Kier molecular flexibility index (Phi) is 2.30. The zero-order valence-electron chi connectivity index (χ0n) is 7.34. The number of nitrogens with zero attached hydrogens (tertiary/aromatic N) is 1. The standard InChI is InChI=1S/C9H14N2S/c1-2-10-9-11-8(6-12-9)5-7-3-4-7/h6-7H,2-5H2,1H3,(H,10,11). The zero-order chi connectivity index (χ0) is 8.39. The van der Waals surface area contributed by atoms with Crippen molar-refractivity contribution in [2.45, 2.75) is 26.2 Å². The number of aromatic nitrogens is 1. The lowest BCUT2D eigenvalue weighted by Crippen LogP contribution is -1.96. The van der Waals surface area contributed by atoms with E-state index >= 15 is 0 Å². The summed E-state index contributed by atoms with van der Waals surface area (Å²) >= 11 is 1.72. The highest BCUT2D eigenvalue weighted by Gasteiger charge is 2.22. The summed E-state index contributed by atoms with van der Waals surface area (Å²) in [5, 5.41) is 6.48. The second-order valence-corrected chi connectivity index (χ2v) is 4.18. The maximum absolute atomic E-state index is 4.49. The summed E-state index contributed by atoms with van der Waals surface area (Å²) in [5.41, 5.74) is 1.28. The molecule has 1 aliphatic rings. The van der Waals surface area contributed by atoms with Crippen molar-refractivity contribution in [3.63, 3.8) is 0 Å². The number of hydrogen-bond donors (Lipinski definition) is 1. The van der Waals surface area contributed by atoms with E-state index in [1.807, 2.05) is 0 Å². The molecule has 1 heterocycles. The topological polar surface area (TPSA) is 24.9 Å². The highest BCUT2D eigenvalue weighted by Crippen LogP contribution is 2.33. The first-order chi connectivity index (χ1) is 5.88. The SMILES string of the molecule is CCNc1nc(CC2CC2)cs1. The number of hydrogen-bond acceptors (Lipinski definition) is 3. The molecule has 1 aliphatic carbocycles. The predicted molar refractivity (Wildman–Crippen MR) is 52.7 cm³/mol. The molecule has 0 aromatic carbocycles. The molecule has 1 N–H and O–H groups in total. The number of rotatable bonds is 4. The van der Waals surface area contributed by atoms with Gasteiger partial charge >= 0.3 is 0 Å². The lowest BCUT2D eigenvalue weighted by molar-refractivity contribution is 0.811. The summed E-state index contributed by atoms with van der Waals surface area (Å²) in [6.07, 6.45) is 4.02. The van der Waals surface area contributed by atoms with Gasteiger partial charge in [0, 0.05) is 11.9 Å². The molecule has 2 rings (SSSR count). The van der Waals surface area contributed by atoms with Crippen LogP contribution >= 0.6 is 11.3 Å². The fraction of sp³-hybridized carbons (Fsp3) is 0.667. The maximum Gasteiger partial charge on any atom is 0.182 e. The van der Waals surface area contributed by atoms with Gasteiger partial charge in [0.1, 0.15) is 0 Å². The Balaban J connectivity index is 1.92. The van der Waals surface area contributed by atoms with Gasteiger partial charge in [-0.25, -0.2) is 4.98 Å². The first-order valence-electron chi connectivity index (χ1n) is 4.56. The van der Waals surface area contributed by atoms with Crippen LogP contribution in [-0.2, 0) is 6.42 Å². The molecule has 0 atom stereocenters. The van der Waals surface area contributed by atoms with Crippen molar-refractivity contribution in [1.82, 2.24) is 4.98 Å². The van der Waals surface area contributed by atoms with Gasteiger partial charge in [0.2, 0.25) is 0 Å². The summed E-state index contributed by atoms with van der Waals surface area (Å²) in [7, 11) is 0. The van der Waals surface area contributed by atoms with Gasteiger partial charge in [0.05, 0.1) is 5.69 Å². The molecule has 0 spiro atoms. The van der Waals surface area contributed by atoms with E-state index in [0.29, 0.717) is 0 Å². The van der Waals surface area contributed by atoms with Crippen LogP contribution in [0.4, 0.5) is 5.13 Å². The van der Waals surface area contributed by atoms with E-state index in [-0.39, 0.29) is 0 Å². The van der Waals surface area contributed by atoms with Crippen molar-refractivity contribution in [3.8, 4) is 0 Å². The average molecular weight is 182 g/mol. The summed E-state index contributed by atoms with van der Waals surface area (Å²) in [6.45, 7) is 3.07. The first kappa shape index (κ1) is 8.05. The Morgan fingerprint density at radius 3 is 3.17 bits per heavy atom. The van der Waals surface area contributed by atoms with Crippen LogP contribution in [0.15, 0.2) is 5.38 Å². The molecule has 0 aliphatic heterocycles. The Labute approximate surface area is 77.0 Å². The van der Waals surface area contributed by atoms with Crippen LogP contribution in [-0.4, -0.2) is 11.5 Å². The maximum atomic E-state index is 4.49. The normalized spacial score (nSPS) is 16.4. The van der Waals surface area contributed by atoms with Crippen LogP contribution in [0, 0.1) is 5.92 Å². The average Bonchev–Trinajstić information content (AvgIpc) is 2.74. The van der Waals surface area contributed by atoms with E-state index in [2.05, 4.69) is 22.6 Å². The molecule has 1 aromatic heterocycles. The monoisotopic (exact) mass is 182 g/mol. The van der Waals surface area contributed by atoms with Gasteiger partial charge < -0.3 is 5.32 Å². The van der Waals surface area contributed by atoms with Crippen molar-refractivity contribution < 1.29 is 0 Å². The van der Waals surface area contributed by atoms with E-state index in [0.717, 1.165) is 17.6 Å². The van der Waals surface area contributed by atoms with Crippen molar-refractivity contribution in [2.24, 2.45) is 5.92 Å². The number of anilines is 1. The highest BCUT2D eigenvalue weighted by atomic mass is 32.1.